The Kier molecular flexibility index (Phi) is 4.70. The third-order valence-electron chi connectivity index (χ3n) is 3.86. The van der Waals surface area contributed by atoms with E-state index in [4.69, 9.17) is 17.3 Å². The van der Waals surface area contributed by atoms with Crippen LogP contribution in [0.5, 0.6) is 0 Å². The summed E-state index contributed by atoms with van der Waals surface area (Å²) < 4.78 is 0. The monoisotopic (exact) mass is 280 g/mol. The molecule has 0 aromatic heterocycles. The van der Waals surface area contributed by atoms with Gasteiger partial charge in [0.15, 0.2) is 0 Å². The van der Waals surface area contributed by atoms with Crippen LogP contribution in [0.15, 0.2) is 18.2 Å². The van der Waals surface area contributed by atoms with Crippen molar-refractivity contribution in [1.82, 2.24) is 4.90 Å². The van der Waals surface area contributed by atoms with Crippen LogP contribution in [0, 0.1) is 0 Å². The number of nitrogens with two attached hydrogens (primary N) is 1. The molecule has 3 nitrogen and oxygen atoms in total. The maximum absolute atomic E-state index is 12.6. The maximum atomic E-state index is 12.6. The Labute approximate surface area is 119 Å². The lowest BCUT2D eigenvalue weighted by Crippen LogP contribution is -2.41. The van der Waals surface area contributed by atoms with Gasteiger partial charge in [0.05, 0.1) is 10.7 Å². The standard InChI is InChI=1S/C15H21ClN2O/c1-2-18(12-6-4-3-5-7-12)15(19)11-8-9-14(17)13(16)10-11/h8-10,12H,2-7,17H2,1H3. The van der Waals surface area contributed by atoms with E-state index in [1.165, 1.54) is 19.3 Å². The zero-order valence-corrected chi connectivity index (χ0v) is 12.1. The summed E-state index contributed by atoms with van der Waals surface area (Å²) in [5, 5.41) is 0.450. The summed E-state index contributed by atoms with van der Waals surface area (Å²) >= 11 is 6.00. The third kappa shape index (κ3) is 3.21. The molecule has 0 radical (unpaired) electrons. The molecule has 1 saturated carbocycles. The first-order chi connectivity index (χ1) is 9.13. The second-order valence-electron chi connectivity index (χ2n) is 5.12. The predicted octanol–water partition coefficient (Wildman–Crippen LogP) is 3.72. The summed E-state index contributed by atoms with van der Waals surface area (Å²) in [6, 6.07) is 5.51. The Bertz CT molecular complexity index is 455. The highest BCUT2D eigenvalue weighted by Crippen LogP contribution is 2.25. The summed E-state index contributed by atoms with van der Waals surface area (Å²) in [5.74, 6) is 0.0660. The molecule has 1 aliphatic rings. The zero-order valence-electron chi connectivity index (χ0n) is 11.4. The molecule has 1 aliphatic carbocycles. The van der Waals surface area contributed by atoms with Crippen LogP contribution in [0.3, 0.4) is 0 Å². The van der Waals surface area contributed by atoms with Crippen molar-refractivity contribution >= 4 is 23.2 Å². The summed E-state index contributed by atoms with van der Waals surface area (Å²) in [7, 11) is 0. The lowest BCUT2D eigenvalue weighted by Gasteiger charge is -2.33. The fraction of sp³-hybridized carbons (Fsp3) is 0.533. The molecule has 1 aromatic rings. The highest BCUT2D eigenvalue weighted by atomic mass is 35.5. The molecule has 0 aliphatic heterocycles. The zero-order chi connectivity index (χ0) is 13.8. The number of anilines is 1. The van der Waals surface area contributed by atoms with Crippen molar-refractivity contribution in [3.8, 4) is 0 Å². The van der Waals surface area contributed by atoms with E-state index >= 15 is 0 Å². The first-order valence-electron chi connectivity index (χ1n) is 6.99. The molecule has 1 amide bonds. The third-order valence-corrected chi connectivity index (χ3v) is 4.19. The Hall–Kier alpha value is -1.22. The van der Waals surface area contributed by atoms with Crippen molar-refractivity contribution in [2.45, 2.75) is 45.1 Å². The van der Waals surface area contributed by atoms with Gasteiger partial charge in [-0.25, -0.2) is 0 Å². The molecular formula is C15H21ClN2O. The SMILES string of the molecule is CCN(C(=O)c1ccc(N)c(Cl)c1)C1CCCCC1. The van der Waals surface area contributed by atoms with Gasteiger partial charge in [-0.05, 0) is 38.0 Å². The fourth-order valence-corrected chi connectivity index (χ4v) is 2.97. The number of hydrogen-bond acceptors (Lipinski definition) is 2. The molecule has 1 fully saturated rings. The van der Waals surface area contributed by atoms with Gasteiger partial charge >= 0.3 is 0 Å². The van der Waals surface area contributed by atoms with E-state index in [2.05, 4.69) is 0 Å². The van der Waals surface area contributed by atoms with Crippen molar-refractivity contribution in [2.24, 2.45) is 0 Å². The van der Waals surface area contributed by atoms with Crippen molar-refractivity contribution < 1.29 is 4.79 Å². The quantitative estimate of drug-likeness (QED) is 0.858. The molecule has 0 saturated heterocycles. The van der Waals surface area contributed by atoms with Crippen molar-refractivity contribution in [2.75, 3.05) is 12.3 Å². The Morgan fingerprint density at radius 2 is 2.05 bits per heavy atom. The summed E-state index contributed by atoms with van der Waals surface area (Å²) in [4.78, 5) is 14.5. The summed E-state index contributed by atoms with van der Waals surface area (Å²) in [5.41, 5.74) is 6.83. The van der Waals surface area contributed by atoms with E-state index in [9.17, 15) is 4.79 Å². The first-order valence-corrected chi connectivity index (χ1v) is 7.37. The number of halogens is 1. The van der Waals surface area contributed by atoms with E-state index in [1.807, 2.05) is 11.8 Å². The molecule has 0 atom stereocenters. The van der Waals surface area contributed by atoms with Gasteiger partial charge in [-0.2, -0.15) is 0 Å². The number of carbonyl (C=O) groups is 1. The number of nitrogens with zero attached hydrogens (tertiary/aromatic N) is 1. The Morgan fingerprint density at radius 3 is 2.63 bits per heavy atom. The van der Waals surface area contributed by atoms with Gasteiger partial charge in [-0.15, -0.1) is 0 Å². The maximum Gasteiger partial charge on any atom is 0.254 e. The van der Waals surface area contributed by atoms with Gasteiger partial charge in [-0.3, -0.25) is 4.79 Å². The fourth-order valence-electron chi connectivity index (χ4n) is 2.79. The number of amides is 1. The topological polar surface area (TPSA) is 46.3 Å². The minimum Gasteiger partial charge on any atom is -0.398 e. The van der Waals surface area contributed by atoms with E-state index in [-0.39, 0.29) is 5.91 Å². The predicted molar refractivity (Wildman–Crippen MR) is 79.4 cm³/mol. The van der Waals surface area contributed by atoms with Crippen LogP contribution in [0.1, 0.15) is 49.4 Å². The lowest BCUT2D eigenvalue weighted by molar-refractivity contribution is 0.0648. The van der Waals surface area contributed by atoms with E-state index < -0.39 is 0 Å². The normalized spacial score (nSPS) is 16.3. The average Bonchev–Trinajstić information content (AvgIpc) is 2.44. The molecule has 1 aromatic carbocycles. The molecule has 19 heavy (non-hydrogen) atoms. The molecule has 2 rings (SSSR count). The minimum atomic E-state index is 0.0660. The minimum absolute atomic E-state index is 0.0660. The van der Waals surface area contributed by atoms with Gasteiger partial charge in [0.2, 0.25) is 0 Å². The lowest BCUT2D eigenvalue weighted by atomic mass is 9.93. The van der Waals surface area contributed by atoms with Crippen LogP contribution in [0.4, 0.5) is 5.69 Å². The number of carbonyl (C=O) groups excluding carboxylic acids is 1. The molecule has 4 heteroatoms. The number of hydrogen-bond donors (Lipinski definition) is 1. The van der Waals surface area contributed by atoms with Gasteiger partial charge in [0.1, 0.15) is 0 Å². The van der Waals surface area contributed by atoms with E-state index in [0.717, 1.165) is 19.4 Å². The van der Waals surface area contributed by atoms with Crippen LogP contribution >= 0.6 is 11.6 Å². The molecular weight excluding hydrogens is 260 g/mol. The van der Waals surface area contributed by atoms with Crippen LogP contribution in [-0.4, -0.2) is 23.4 Å². The first kappa shape index (κ1) is 14.2. The second-order valence-corrected chi connectivity index (χ2v) is 5.53. The molecule has 0 spiro atoms. The van der Waals surface area contributed by atoms with Gasteiger partial charge in [0, 0.05) is 18.2 Å². The number of rotatable bonds is 3. The Balaban J connectivity index is 2.17. The van der Waals surface area contributed by atoms with Crippen LogP contribution in [-0.2, 0) is 0 Å². The van der Waals surface area contributed by atoms with E-state index in [0.29, 0.717) is 22.3 Å². The van der Waals surface area contributed by atoms with Crippen LogP contribution < -0.4 is 5.73 Å². The molecule has 104 valence electrons. The average molecular weight is 281 g/mol. The van der Waals surface area contributed by atoms with Gasteiger partial charge in [0.25, 0.3) is 5.91 Å². The van der Waals surface area contributed by atoms with Gasteiger partial charge in [-0.1, -0.05) is 30.9 Å². The summed E-state index contributed by atoms with van der Waals surface area (Å²) in [6.07, 6.45) is 5.95. The molecule has 2 N–H and O–H groups in total. The molecule has 0 bridgehead atoms. The van der Waals surface area contributed by atoms with E-state index in [1.54, 1.807) is 18.2 Å². The van der Waals surface area contributed by atoms with Crippen molar-refractivity contribution in [3.05, 3.63) is 28.8 Å². The second kappa shape index (κ2) is 6.29. The number of nitrogen functional groups attached to an aromatic ring is 1. The highest BCUT2D eigenvalue weighted by molar-refractivity contribution is 6.33. The Morgan fingerprint density at radius 1 is 1.37 bits per heavy atom. The number of benzene rings is 1. The highest BCUT2D eigenvalue weighted by Gasteiger charge is 2.25. The molecule has 0 heterocycles. The largest absolute Gasteiger partial charge is 0.398 e. The van der Waals surface area contributed by atoms with Gasteiger partial charge < -0.3 is 10.6 Å². The van der Waals surface area contributed by atoms with Crippen molar-refractivity contribution in [1.29, 1.82) is 0 Å². The van der Waals surface area contributed by atoms with Crippen LogP contribution in [0.2, 0.25) is 5.02 Å². The van der Waals surface area contributed by atoms with Crippen LogP contribution in [0.25, 0.3) is 0 Å². The molecule has 0 unspecified atom stereocenters. The summed E-state index contributed by atoms with van der Waals surface area (Å²) in [6.45, 7) is 2.77. The van der Waals surface area contributed by atoms with Crippen molar-refractivity contribution in [3.63, 3.8) is 0 Å². The smallest absolute Gasteiger partial charge is 0.254 e.